The average molecular weight is 414 g/mol. The van der Waals surface area contributed by atoms with Gasteiger partial charge in [0.15, 0.2) is 0 Å². The third-order valence-electron chi connectivity index (χ3n) is 5.19. The van der Waals surface area contributed by atoms with Crippen molar-refractivity contribution < 1.29 is 28.6 Å². The van der Waals surface area contributed by atoms with Gasteiger partial charge in [-0.2, -0.15) is 0 Å². The highest BCUT2D eigenvalue weighted by molar-refractivity contribution is 5.85. The number of primary amides is 1. The van der Waals surface area contributed by atoms with Gasteiger partial charge in [0, 0.05) is 6.54 Å². The van der Waals surface area contributed by atoms with Gasteiger partial charge in [-0.15, -0.1) is 0 Å². The first kappa shape index (κ1) is 21.3. The fourth-order valence-electron chi connectivity index (χ4n) is 3.62. The largest absolute Gasteiger partial charge is 0.480 e. The molecule has 1 unspecified atom stereocenters. The Morgan fingerprint density at radius 3 is 2.23 bits per heavy atom. The van der Waals surface area contributed by atoms with E-state index in [4.69, 9.17) is 10.5 Å². The molecule has 7 nitrogen and oxygen atoms in total. The fraction of sp³-hybridized carbons (Fsp3) is 0.318. The Morgan fingerprint density at radius 1 is 1.07 bits per heavy atom. The molecule has 2 atom stereocenters. The standard InChI is InChI=1S/C22H23FN2O5/c23-17-10-8-16(9-11-17)19(20(24)26)15-6-4-14(5-7-15)13-30-22(29)25-12-2-1-3-18(25)21(27)28/h4-11,18-19H,1-3,12-13H2,(H2,24,26)(H,27,28)/t18-,19?/m0/s1. The molecule has 0 radical (unpaired) electrons. The SMILES string of the molecule is NC(=O)C(c1ccc(F)cc1)c1ccc(COC(=O)N2CCCC[C@H]2C(=O)O)cc1. The minimum atomic E-state index is -1.03. The first-order valence-electron chi connectivity index (χ1n) is 9.66. The van der Waals surface area contributed by atoms with Crippen molar-refractivity contribution in [1.29, 1.82) is 0 Å². The summed E-state index contributed by atoms with van der Waals surface area (Å²) in [5, 5.41) is 9.27. The van der Waals surface area contributed by atoms with Crippen molar-refractivity contribution >= 4 is 18.0 Å². The maximum absolute atomic E-state index is 13.2. The lowest BCUT2D eigenvalue weighted by atomic mass is 9.90. The van der Waals surface area contributed by atoms with Gasteiger partial charge in [-0.25, -0.2) is 14.0 Å². The number of amides is 2. The number of hydrogen-bond acceptors (Lipinski definition) is 4. The van der Waals surface area contributed by atoms with Crippen LogP contribution in [0.3, 0.4) is 0 Å². The Labute approximate surface area is 173 Å². The second-order valence-corrected chi connectivity index (χ2v) is 7.23. The lowest BCUT2D eigenvalue weighted by molar-refractivity contribution is -0.143. The Hall–Kier alpha value is -3.42. The first-order valence-corrected chi connectivity index (χ1v) is 9.66. The zero-order valence-corrected chi connectivity index (χ0v) is 16.3. The fourth-order valence-corrected chi connectivity index (χ4v) is 3.62. The molecular formula is C22H23FN2O5. The Kier molecular flexibility index (Phi) is 6.66. The van der Waals surface area contributed by atoms with Crippen molar-refractivity contribution in [3.8, 4) is 0 Å². The van der Waals surface area contributed by atoms with Crippen LogP contribution in [0.1, 0.15) is 41.9 Å². The van der Waals surface area contributed by atoms with Gasteiger partial charge in [-0.05, 0) is 48.1 Å². The number of aliphatic carboxylic acids is 1. The first-order chi connectivity index (χ1) is 14.4. The van der Waals surface area contributed by atoms with Gasteiger partial charge >= 0.3 is 12.1 Å². The van der Waals surface area contributed by atoms with E-state index >= 15 is 0 Å². The van der Waals surface area contributed by atoms with Gasteiger partial charge in [0.25, 0.3) is 0 Å². The smallest absolute Gasteiger partial charge is 0.410 e. The molecule has 1 aliphatic heterocycles. The highest BCUT2D eigenvalue weighted by Gasteiger charge is 2.33. The molecule has 0 spiro atoms. The van der Waals surface area contributed by atoms with Gasteiger partial charge in [-0.1, -0.05) is 36.4 Å². The zero-order chi connectivity index (χ0) is 21.7. The molecule has 158 valence electrons. The van der Waals surface area contributed by atoms with Crippen LogP contribution >= 0.6 is 0 Å². The summed E-state index contributed by atoms with van der Waals surface area (Å²) in [6.07, 6.45) is 1.26. The number of carbonyl (C=O) groups is 3. The number of carboxylic acids is 1. The van der Waals surface area contributed by atoms with Crippen LogP contribution in [0.15, 0.2) is 48.5 Å². The predicted molar refractivity (Wildman–Crippen MR) is 106 cm³/mol. The van der Waals surface area contributed by atoms with E-state index in [0.29, 0.717) is 29.7 Å². The van der Waals surface area contributed by atoms with E-state index in [1.807, 2.05) is 0 Å². The lowest BCUT2D eigenvalue weighted by Gasteiger charge is -2.31. The third kappa shape index (κ3) is 4.94. The quantitative estimate of drug-likeness (QED) is 0.755. The number of benzene rings is 2. The van der Waals surface area contributed by atoms with Gasteiger partial charge in [0.2, 0.25) is 5.91 Å². The number of carbonyl (C=O) groups excluding carboxylic acids is 2. The minimum Gasteiger partial charge on any atom is -0.480 e. The van der Waals surface area contributed by atoms with E-state index in [0.717, 1.165) is 12.8 Å². The number of piperidine rings is 1. The summed E-state index contributed by atoms with van der Waals surface area (Å²) in [6.45, 7) is 0.326. The number of hydrogen-bond donors (Lipinski definition) is 2. The molecule has 8 heteroatoms. The Bertz CT molecular complexity index is 914. The number of ether oxygens (including phenoxy) is 1. The maximum Gasteiger partial charge on any atom is 0.410 e. The molecular weight excluding hydrogens is 391 g/mol. The molecule has 3 rings (SSSR count). The van der Waals surface area contributed by atoms with Crippen molar-refractivity contribution in [2.75, 3.05) is 6.54 Å². The highest BCUT2D eigenvalue weighted by Crippen LogP contribution is 2.25. The van der Waals surface area contributed by atoms with Crippen LogP contribution in [0.5, 0.6) is 0 Å². The second-order valence-electron chi connectivity index (χ2n) is 7.23. The summed E-state index contributed by atoms with van der Waals surface area (Å²) < 4.78 is 18.4. The molecule has 1 aliphatic rings. The molecule has 0 saturated carbocycles. The normalized spacial score (nSPS) is 17.2. The minimum absolute atomic E-state index is 0.0280. The summed E-state index contributed by atoms with van der Waals surface area (Å²) >= 11 is 0. The predicted octanol–water partition coefficient (Wildman–Crippen LogP) is 3.02. The second kappa shape index (κ2) is 9.39. The molecule has 0 bridgehead atoms. The summed E-state index contributed by atoms with van der Waals surface area (Å²) in [5.41, 5.74) is 7.43. The van der Waals surface area contributed by atoms with E-state index < -0.39 is 35.7 Å². The molecule has 1 saturated heterocycles. The topological polar surface area (TPSA) is 110 Å². The van der Waals surface area contributed by atoms with Gasteiger partial charge in [0.1, 0.15) is 18.5 Å². The molecule has 1 heterocycles. The van der Waals surface area contributed by atoms with Crippen LogP contribution in [0.2, 0.25) is 0 Å². The van der Waals surface area contributed by atoms with Crippen molar-refractivity contribution in [3.63, 3.8) is 0 Å². The van der Waals surface area contributed by atoms with Crippen LogP contribution in [0.25, 0.3) is 0 Å². The van der Waals surface area contributed by atoms with Crippen molar-refractivity contribution in [2.24, 2.45) is 5.73 Å². The molecule has 0 aromatic heterocycles. The van der Waals surface area contributed by atoms with E-state index in [9.17, 15) is 23.9 Å². The summed E-state index contributed by atoms with van der Waals surface area (Å²) in [6, 6.07) is 11.5. The van der Waals surface area contributed by atoms with Gasteiger partial charge in [0.05, 0.1) is 5.92 Å². The molecule has 2 aromatic carbocycles. The number of likely N-dealkylation sites (tertiary alicyclic amines) is 1. The van der Waals surface area contributed by atoms with E-state index in [-0.39, 0.29) is 6.61 Å². The maximum atomic E-state index is 13.2. The monoisotopic (exact) mass is 414 g/mol. The van der Waals surface area contributed by atoms with Gasteiger partial charge in [-0.3, -0.25) is 9.69 Å². The van der Waals surface area contributed by atoms with Crippen LogP contribution in [-0.2, 0) is 20.9 Å². The van der Waals surface area contributed by atoms with Crippen LogP contribution in [0, 0.1) is 5.82 Å². The molecule has 30 heavy (non-hydrogen) atoms. The van der Waals surface area contributed by atoms with Crippen molar-refractivity contribution in [1.82, 2.24) is 4.90 Å². The summed E-state index contributed by atoms with van der Waals surface area (Å²) in [5.74, 6) is -2.73. The number of halogens is 1. The van der Waals surface area contributed by atoms with Crippen LogP contribution < -0.4 is 5.73 Å². The highest BCUT2D eigenvalue weighted by atomic mass is 19.1. The number of carboxylic acid groups (broad SMARTS) is 1. The Balaban J connectivity index is 1.66. The van der Waals surface area contributed by atoms with Gasteiger partial charge < -0.3 is 15.6 Å². The molecule has 1 fully saturated rings. The van der Waals surface area contributed by atoms with E-state index in [1.54, 1.807) is 24.3 Å². The molecule has 2 aromatic rings. The summed E-state index contributed by atoms with van der Waals surface area (Å²) in [7, 11) is 0. The van der Waals surface area contributed by atoms with Crippen LogP contribution in [0.4, 0.5) is 9.18 Å². The third-order valence-corrected chi connectivity index (χ3v) is 5.19. The van der Waals surface area contributed by atoms with Crippen LogP contribution in [-0.4, -0.2) is 40.6 Å². The average Bonchev–Trinajstić information content (AvgIpc) is 2.74. The number of nitrogens with two attached hydrogens (primary N) is 1. The molecule has 2 amide bonds. The Morgan fingerprint density at radius 2 is 1.67 bits per heavy atom. The molecule has 0 aliphatic carbocycles. The van der Waals surface area contributed by atoms with Crippen molar-refractivity contribution in [3.05, 3.63) is 71.0 Å². The number of rotatable bonds is 6. The van der Waals surface area contributed by atoms with Crippen molar-refractivity contribution in [2.45, 2.75) is 37.8 Å². The molecule has 3 N–H and O–H groups in total. The lowest BCUT2D eigenvalue weighted by Crippen LogP contribution is -2.48. The zero-order valence-electron chi connectivity index (χ0n) is 16.3. The van der Waals surface area contributed by atoms with E-state index in [2.05, 4.69) is 0 Å². The summed E-state index contributed by atoms with van der Waals surface area (Å²) in [4.78, 5) is 36.8. The number of nitrogens with zero attached hydrogens (tertiary/aromatic N) is 1. The van der Waals surface area contributed by atoms with E-state index in [1.165, 1.54) is 29.2 Å².